The molecule has 4 saturated carbocycles. The molecule has 9 atom stereocenters. The normalized spacial score (nSPS) is 40.7. The van der Waals surface area contributed by atoms with E-state index >= 15 is 0 Å². The summed E-state index contributed by atoms with van der Waals surface area (Å²) in [6, 6.07) is 9.30. The highest BCUT2D eigenvalue weighted by atomic mass is 16.3. The zero-order valence-corrected chi connectivity index (χ0v) is 24.5. The van der Waals surface area contributed by atoms with E-state index in [-0.39, 0.29) is 11.5 Å². The van der Waals surface area contributed by atoms with Crippen LogP contribution in [0.15, 0.2) is 43.0 Å². The zero-order chi connectivity index (χ0) is 26.7. The Hall–Kier alpha value is -1.65. The largest absolute Gasteiger partial charge is 0.393 e. The number of aromatic nitrogens is 2. The second-order valence-corrected chi connectivity index (χ2v) is 14.7. The van der Waals surface area contributed by atoms with Gasteiger partial charge in [-0.2, -0.15) is 0 Å². The predicted molar refractivity (Wildman–Crippen MR) is 155 cm³/mol. The van der Waals surface area contributed by atoms with E-state index in [1.807, 2.05) is 18.7 Å². The van der Waals surface area contributed by atoms with Crippen molar-refractivity contribution in [1.29, 1.82) is 0 Å². The van der Waals surface area contributed by atoms with Gasteiger partial charge < -0.3 is 15.0 Å². The molecule has 0 radical (unpaired) electrons. The van der Waals surface area contributed by atoms with Gasteiger partial charge in [0.05, 0.1) is 12.4 Å². The van der Waals surface area contributed by atoms with Crippen molar-refractivity contribution in [2.75, 3.05) is 6.54 Å². The Bertz CT molecular complexity index is 1110. The summed E-state index contributed by atoms with van der Waals surface area (Å²) in [6.45, 7) is 13.5. The molecular formula is C34H51N3O. The second kappa shape index (κ2) is 9.77. The highest BCUT2D eigenvalue weighted by molar-refractivity contribution is 5.41. The molecule has 1 aromatic heterocycles. The Morgan fingerprint density at radius 2 is 1.66 bits per heavy atom. The third-order valence-corrected chi connectivity index (χ3v) is 12.9. The molecule has 1 heterocycles. The minimum atomic E-state index is -0.126. The average Bonchev–Trinajstić information content (AvgIpc) is 3.55. The van der Waals surface area contributed by atoms with Gasteiger partial charge in [0.2, 0.25) is 0 Å². The van der Waals surface area contributed by atoms with E-state index in [0.717, 1.165) is 43.1 Å². The van der Waals surface area contributed by atoms with Crippen LogP contribution in [0.2, 0.25) is 0 Å². The van der Waals surface area contributed by atoms with Crippen molar-refractivity contribution >= 4 is 0 Å². The summed E-state index contributed by atoms with van der Waals surface area (Å²) >= 11 is 0. The number of aliphatic hydroxyl groups is 1. The summed E-state index contributed by atoms with van der Waals surface area (Å²) in [4.78, 5) is 4.25. The molecule has 4 aliphatic rings. The van der Waals surface area contributed by atoms with Crippen molar-refractivity contribution in [2.45, 2.75) is 105 Å². The number of para-hydroxylation sites is 1. The predicted octanol–water partition coefficient (Wildman–Crippen LogP) is 7.05. The van der Waals surface area contributed by atoms with E-state index in [9.17, 15) is 5.11 Å². The second-order valence-electron chi connectivity index (χ2n) is 14.7. The molecule has 0 saturated heterocycles. The quantitative estimate of drug-likeness (QED) is 0.432. The standard InChI is InChI=1S/C34H51N3O/c1-23(36-19-16-24-8-6-7-9-29(24)37-21-20-35-22-37)25-14-17-33(4)26(25)10-11-28-27(33)12-13-30-32(2,3)31(38)15-18-34(28,30)5/h6-9,20-23,25-28,30-31,36,38H,10-19H2,1-5H3/t23?,25-,26-,27-,28+,30+,31+,33-,34-/m1/s1. The van der Waals surface area contributed by atoms with Gasteiger partial charge in [-0.05, 0) is 129 Å². The Kier molecular flexibility index (Phi) is 6.83. The molecule has 4 aliphatic carbocycles. The third-order valence-electron chi connectivity index (χ3n) is 12.9. The lowest BCUT2D eigenvalue weighted by molar-refractivity contribution is -0.184. The fourth-order valence-electron chi connectivity index (χ4n) is 10.8. The summed E-state index contributed by atoms with van der Waals surface area (Å²) < 4.78 is 2.13. The molecule has 2 aromatic rings. The topological polar surface area (TPSA) is 50.1 Å². The number of imidazole rings is 1. The molecule has 0 aliphatic heterocycles. The monoisotopic (exact) mass is 517 g/mol. The van der Waals surface area contributed by atoms with Crippen LogP contribution in [0.1, 0.15) is 91.5 Å². The van der Waals surface area contributed by atoms with Crippen LogP contribution >= 0.6 is 0 Å². The van der Waals surface area contributed by atoms with Gasteiger partial charge in [-0.1, -0.05) is 45.9 Å². The number of rotatable bonds is 6. The number of nitrogens with zero attached hydrogens (tertiary/aromatic N) is 2. The number of nitrogens with one attached hydrogen (secondary N) is 1. The van der Waals surface area contributed by atoms with Crippen molar-refractivity contribution in [3.05, 3.63) is 48.5 Å². The number of hydrogen-bond donors (Lipinski definition) is 2. The number of fused-ring (bicyclic) bond motifs is 5. The summed E-state index contributed by atoms with van der Waals surface area (Å²) in [5.74, 6) is 4.03. The summed E-state index contributed by atoms with van der Waals surface area (Å²) in [7, 11) is 0. The molecule has 208 valence electrons. The van der Waals surface area contributed by atoms with Crippen molar-refractivity contribution < 1.29 is 5.11 Å². The van der Waals surface area contributed by atoms with Gasteiger partial charge in [0.25, 0.3) is 0 Å². The van der Waals surface area contributed by atoms with Crippen LogP contribution in [0.25, 0.3) is 5.69 Å². The lowest BCUT2D eigenvalue weighted by Crippen LogP contribution is -2.60. The van der Waals surface area contributed by atoms with E-state index < -0.39 is 0 Å². The molecule has 0 spiro atoms. The first-order chi connectivity index (χ1) is 18.2. The molecule has 1 unspecified atom stereocenters. The third kappa shape index (κ3) is 4.12. The highest BCUT2D eigenvalue weighted by Crippen LogP contribution is 2.70. The van der Waals surface area contributed by atoms with E-state index in [2.05, 4.69) is 73.8 Å². The number of aliphatic hydroxyl groups excluding tert-OH is 1. The van der Waals surface area contributed by atoms with Crippen LogP contribution in [0.3, 0.4) is 0 Å². The number of benzene rings is 1. The fraction of sp³-hybridized carbons (Fsp3) is 0.735. The lowest BCUT2D eigenvalue weighted by Gasteiger charge is -2.65. The average molecular weight is 518 g/mol. The van der Waals surface area contributed by atoms with Crippen LogP contribution < -0.4 is 5.32 Å². The van der Waals surface area contributed by atoms with Crippen molar-refractivity contribution in [3.63, 3.8) is 0 Å². The van der Waals surface area contributed by atoms with Crippen LogP contribution in [0.4, 0.5) is 0 Å². The van der Waals surface area contributed by atoms with Crippen LogP contribution in [-0.4, -0.2) is 33.3 Å². The maximum absolute atomic E-state index is 10.9. The summed E-state index contributed by atoms with van der Waals surface area (Å²) in [5, 5.41) is 14.9. The van der Waals surface area contributed by atoms with E-state index in [1.165, 1.54) is 56.2 Å². The molecule has 4 nitrogen and oxygen atoms in total. The lowest BCUT2D eigenvalue weighted by atomic mass is 9.40. The molecule has 38 heavy (non-hydrogen) atoms. The van der Waals surface area contributed by atoms with Crippen LogP contribution in [-0.2, 0) is 6.42 Å². The first-order valence-electron chi connectivity index (χ1n) is 15.6. The van der Waals surface area contributed by atoms with Gasteiger partial charge in [0, 0.05) is 24.1 Å². The van der Waals surface area contributed by atoms with Gasteiger partial charge in [-0.3, -0.25) is 0 Å². The van der Waals surface area contributed by atoms with E-state index in [4.69, 9.17) is 0 Å². The van der Waals surface area contributed by atoms with Crippen molar-refractivity contribution in [1.82, 2.24) is 14.9 Å². The first-order valence-corrected chi connectivity index (χ1v) is 15.6. The Morgan fingerprint density at radius 3 is 2.45 bits per heavy atom. The van der Waals surface area contributed by atoms with Gasteiger partial charge in [-0.15, -0.1) is 0 Å². The fourth-order valence-corrected chi connectivity index (χ4v) is 10.8. The van der Waals surface area contributed by atoms with E-state index in [1.54, 1.807) is 0 Å². The molecule has 0 bridgehead atoms. The Morgan fingerprint density at radius 1 is 0.947 bits per heavy atom. The Balaban J connectivity index is 1.12. The molecular weight excluding hydrogens is 466 g/mol. The van der Waals surface area contributed by atoms with E-state index in [0.29, 0.717) is 22.8 Å². The van der Waals surface area contributed by atoms with Crippen molar-refractivity contribution in [2.24, 2.45) is 45.8 Å². The van der Waals surface area contributed by atoms with Crippen LogP contribution in [0.5, 0.6) is 0 Å². The molecule has 0 amide bonds. The number of hydrogen-bond acceptors (Lipinski definition) is 3. The van der Waals surface area contributed by atoms with Gasteiger partial charge in [0.15, 0.2) is 0 Å². The smallest absolute Gasteiger partial charge is 0.0991 e. The maximum atomic E-state index is 10.9. The maximum Gasteiger partial charge on any atom is 0.0991 e. The summed E-state index contributed by atoms with van der Waals surface area (Å²) in [5.41, 5.74) is 3.58. The van der Waals surface area contributed by atoms with Crippen LogP contribution in [0, 0.1) is 45.8 Å². The molecule has 2 N–H and O–H groups in total. The van der Waals surface area contributed by atoms with Gasteiger partial charge in [-0.25, -0.2) is 4.98 Å². The Labute approximate surface area is 231 Å². The molecule has 6 rings (SSSR count). The minimum Gasteiger partial charge on any atom is -0.393 e. The zero-order valence-electron chi connectivity index (χ0n) is 24.5. The van der Waals surface area contributed by atoms with Gasteiger partial charge >= 0.3 is 0 Å². The SMILES string of the molecule is CC(NCCc1ccccc1-n1ccnc1)[C@H]1CC[C@]2(C)[C@@H]1CC[C@H]1[C@H]2CC[C@H]2C(C)(C)[C@@H](O)CC[C@]12C. The summed E-state index contributed by atoms with van der Waals surface area (Å²) in [6.07, 6.45) is 17.2. The minimum absolute atomic E-state index is 0.0584. The van der Waals surface area contributed by atoms with Crippen molar-refractivity contribution in [3.8, 4) is 5.69 Å². The molecule has 4 fully saturated rings. The molecule has 1 aromatic carbocycles. The molecule has 4 heteroatoms. The first kappa shape index (κ1) is 26.6. The van der Waals surface area contributed by atoms with Gasteiger partial charge in [0.1, 0.15) is 0 Å². The highest BCUT2D eigenvalue weighted by Gasteiger charge is 2.63.